The number of rotatable bonds is 1. The average molecular weight is 275 g/mol. The van der Waals surface area contributed by atoms with Crippen LogP contribution in [0, 0.1) is 34.6 Å². The van der Waals surface area contributed by atoms with Gasteiger partial charge in [0.2, 0.25) is 0 Å². The summed E-state index contributed by atoms with van der Waals surface area (Å²) in [6.45, 7) is 0. The van der Waals surface area contributed by atoms with E-state index in [-0.39, 0.29) is 0 Å². The molecule has 0 bridgehead atoms. The van der Waals surface area contributed by atoms with Crippen molar-refractivity contribution in [1.82, 2.24) is 0 Å². The van der Waals surface area contributed by atoms with Gasteiger partial charge in [0, 0.05) is 0 Å². The normalized spacial score (nSPS) is 11.4. The maximum absolute atomic E-state index is 13.1. The molecule has 0 N–H and O–H groups in total. The van der Waals surface area contributed by atoms with E-state index in [0.717, 1.165) is 6.07 Å². The zero-order chi connectivity index (χ0) is 13.4. The molecule has 0 fully saturated rings. The van der Waals surface area contributed by atoms with Gasteiger partial charge in [0.15, 0.2) is 23.3 Å². The topological polar surface area (TPSA) is 23.8 Å². The van der Waals surface area contributed by atoms with Crippen molar-refractivity contribution in [3.05, 3.63) is 28.8 Å². The Bertz CT molecular complexity index is 502. The van der Waals surface area contributed by atoms with Gasteiger partial charge in [-0.2, -0.15) is 18.4 Å². The molecule has 0 atom stereocenters. The van der Waals surface area contributed by atoms with Gasteiger partial charge in [0.1, 0.15) is 11.6 Å². The minimum Gasteiger partial charge on any atom is -0.204 e. The fourth-order valence-corrected chi connectivity index (χ4v) is 1.52. The predicted octanol–water partition coefficient (Wildman–Crippen LogP) is 3.73. The smallest absolute Gasteiger partial charge is 0.204 e. The van der Waals surface area contributed by atoms with E-state index in [1.165, 1.54) is 0 Å². The first kappa shape index (κ1) is 13.6. The molecule has 0 heterocycles. The molecule has 0 aliphatic rings. The van der Waals surface area contributed by atoms with Gasteiger partial charge in [-0.05, 0) is 11.8 Å². The van der Waals surface area contributed by atoms with Crippen LogP contribution in [-0.4, -0.2) is 5.51 Å². The van der Waals surface area contributed by atoms with E-state index in [1.54, 1.807) is 0 Å². The van der Waals surface area contributed by atoms with Crippen LogP contribution in [0.2, 0.25) is 0 Å². The fraction of sp³-hybridized carbons (Fsp3) is 0.125. The van der Waals surface area contributed by atoms with Crippen molar-refractivity contribution >= 4 is 11.8 Å². The number of halogens is 7. The summed E-state index contributed by atoms with van der Waals surface area (Å²) in [5, 5.41) is 8.23. The van der Waals surface area contributed by atoms with E-state index >= 15 is 0 Å². The standard InChI is InChI=1S/C8F7NS/c9-3-2(1-16)4(10)7(6(12)5(3)11)17-8(13,14)15. The van der Waals surface area contributed by atoms with E-state index < -0.39 is 51.0 Å². The molecule has 1 rings (SSSR count). The Morgan fingerprint density at radius 1 is 0.882 bits per heavy atom. The van der Waals surface area contributed by atoms with Crippen molar-refractivity contribution in [2.75, 3.05) is 0 Å². The third kappa shape index (κ3) is 2.63. The Morgan fingerprint density at radius 2 is 1.41 bits per heavy atom. The van der Waals surface area contributed by atoms with Crippen LogP contribution >= 0.6 is 11.8 Å². The van der Waals surface area contributed by atoms with Crippen LogP contribution in [-0.2, 0) is 0 Å². The lowest BCUT2D eigenvalue weighted by atomic mass is 10.2. The number of hydrogen-bond donors (Lipinski definition) is 0. The van der Waals surface area contributed by atoms with Crippen molar-refractivity contribution in [3.8, 4) is 6.07 Å². The molecule has 0 saturated carbocycles. The second kappa shape index (κ2) is 4.44. The lowest BCUT2D eigenvalue weighted by Gasteiger charge is -2.09. The fourth-order valence-electron chi connectivity index (χ4n) is 0.916. The third-order valence-corrected chi connectivity index (χ3v) is 2.35. The van der Waals surface area contributed by atoms with Crippen molar-refractivity contribution in [2.24, 2.45) is 0 Å². The predicted molar refractivity (Wildman–Crippen MR) is 42.9 cm³/mol. The lowest BCUT2D eigenvalue weighted by molar-refractivity contribution is -0.0331. The van der Waals surface area contributed by atoms with Crippen molar-refractivity contribution < 1.29 is 30.7 Å². The van der Waals surface area contributed by atoms with Crippen LogP contribution in [0.5, 0.6) is 0 Å². The molecule has 0 radical (unpaired) electrons. The second-order valence-electron chi connectivity index (χ2n) is 2.62. The van der Waals surface area contributed by atoms with Crippen LogP contribution in [0.4, 0.5) is 30.7 Å². The first-order valence-corrected chi connectivity index (χ1v) is 4.52. The number of thioether (sulfide) groups is 1. The SMILES string of the molecule is N#Cc1c(F)c(F)c(F)c(SC(F)(F)F)c1F. The Kier molecular flexibility index (Phi) is 3.56. The average Bonchev–Trinajstić information content (AvgIpc) is 2.21. The Morgan fingerprint density at radius 3 is 1.82 bits per heavy atom. The summed E-state index contributed by atoms with van der Waals surface area (Å²) in [5.74, 6) is -8.88. The summed E-state index contributed by atoms with van der Waals surface area (Å²) in [7, 11) is 0. The van der Waals surface area contributed by atoms with Crippen molar-refractivity contribution in [2.45, 2.75) is 10.4 Å². The minimum absolute atomic E-state index is 0.820. The summed E-state index contributed by atoms with van der Waals surface area (Å²) in [6, 6.07) is 0.820. The molecule has 0 aromatic heterocycles. The minimum atomic E-state index is -5.10. The highest BCUT2D eigenvalue weighted by atomic mass is 32.2. The lowest BCUT2D eigenvalue weighted by Crippen LogP contribution is -2.07. The number of nitrogens with zero attached hydrogens (tertiary/aromatic N) is 1. The molecule has 1 aromatic rings. The van der Waals surface area contributed by atoms with E-state index in [9.17, 15) is 30.7 Å². The first-order valence-electron chi connectivity index (χ1n) is 3.70. The number of hydrogen-bond acceptors (Lipinski definition) is 2. The van der Waals surface area contributed by atoms with E-state index in [1.807, 2.05) is 0 Å². The number of alkyl halides is 3. The van der Waals surface area contributed by atoms with Gasteiger partial charge in [-0.25, -0.2) is 17.6 Å². The Labute approximate surface area is 93.8 Å². The van der Waals surface area contributed by atoms with Gasteiger partial charge in [0.05, 0.1) is 4.90 Å². The zero-order valence-electron chi connectivity index (χ0n) is 7.50. The second-order valence-corrected chi connectivity index (χ2v) is 3.69. The van der Waals surface area contributed by atoms with E-state index in [4.69, 9.17) is 5.26 Å². The third-order valence-electron chi connectivity index (χ3n) is 1.55. The van der Waals surface area contributed by atoms with Crippen LogP contribution in [0.15, 0.2) is 4.90 Å². The molecule has 17 heavy (non-hydrogen) atoms. The quantitative estimate of drug-likeness (QED) is 0.337. The Hall–Kier alpha value is -1.43. The van der Waals surface area contributed by atoms with E-state index in [0.29, 0.717) is 0 Å². The molecule has 0 saturated heterocycles. The van der Waals surface area contributed by atoms with Crippen LogP contribution < -0.4 is 0 Å². The molecule has 0 spiro atoms. The number of nitriles is 1. The molecule has 9 heteroatoms. The van der Waals surface area contributed by atoms with Crippen molar-refractivity contribution in [1.29, 1.82) is 5.26 Å². The molecule has 92 valence electrons. The summed E-state index contributed by atoms with van der Waals surface area (Å²) in [4.78, 5) is -1.80. The van der Waals surface area contributed by atoms with Crippen LogP contribution in [0.25, 0.3) is 0 Å². The summed E-state index contributed by atoms with van der Waals surface area (Å²) < 4.78 is 87.2. The zero-order valence-corrected chi connectivity index (χ0v) is 8.32. The highest BCUT2D eigenvalue weighted by Gasteiger charge is 2.36. The molecular formula is C8F7NS. The maximum atomic E-state index is 13.1. The Balaban J connectivity index is 3.52. The summed E-state index contributed by atoms with van der Waals surface area (Å²) in [5.41, 5.74) is -6.70. The monoisotopic (exact) mass is 275 g/mol. The van der Waals surface area contributed by atoms with Gasteiger partial charge in [-0.1, -0.05) is 0 Å². The van der Waals surface area contributed by atoms with E-state index in [2.05, 4.69) is 0 Å². The van der Waals surface area contributed by atoms with Gasteiger partial charge >= 0.3 is 5.51 Å². The molecule has 1 nitrogen and oxygen atoms in total. The van der Waals surface area contributed by atoms with Crippen LogP contribution in [0.1, 0.15) is 5.56 Å². The number of benzene rings is 1. The van der Waals surface area contributed by atoms with Gasteiger partial charge in [0.25, 0.3) is 0 Å². The van der Waals surface area contributed by atoms with Gasteiger partial charge in [-0.15, -0.1) is 0 Å². The van der Waals surface area contributed by atoms with Gasteiger partial charge in [-0.3, -0.25) is 0 Å². The first-order chi connectivity index (χ1) is 7.69. The molecule has 0 aliphatic heterocycles. The van der Waals surface area contributed by atoms with Gasteiger partial charge < -0.3 is 0 Å². The highest BCUT2D eigenvalue weighted by Crippen LogP contribution is 2.41. The molecule has 1 aromatic carbocycles. The summed E-state index contributed by atoms with van der Waals surface area (Å²) >= 11 is -1.30. The summed E-state index contributed by atoms with van der Waals surface area (Å²) in [6.07, 6.45) is 0. The highest BCUT2D eigenvalue weighted by molar-refractivity contribution is 8.00. The molecular weight excluding hydrogens is 275 g/mol. The molecule has 0 unspecified atom stereocenters. The van der Waals surface area contributed by atoms with Crippen molar-refractivity contribution in [3.63, 3.8) is 0 Å². The maximum Gasteiger partial charge on any atom is 0.446 e. The van der Waals surface area contributed by atoms with Crippen LogP contribution in [0.3, 0.4) is 0 Å². The molecule has 0 amide bonds. The largest absolute Gasteiger partial charge is 0.446 e. The molecule has 0 aliphatic carbocycles.